The molecule has 3 aliphatic rings. The van der Waals surface area contributed by atoms with Gasteiger partial charge in [0, 0.05) is 12.0 Å². The summed E-state index contributed by atoms with van der Waals surface area (Å²) in [6, 6.07) is 10.5. The summed E-state index contributed by atoms with van der Waals surface area (Å²) in [5.41, 5.74) is 2.33. The smallest absolute Gasteiger partial charge is 0.305 e. The molecule has 0 spiro atoms. The van der Waals surface area contributed by atoms with Gasteiger partial charge in [0.25, 0.3) is 0 Å². The van der Waals surface area contributed by atoms with Gasteiger partial charge in [0.05, 0.1) is 29.3 Å². The van der Waals surface area contributed by atoms with Gasteiger partial charge in [0.2, 0.25) is 0 Å². The number of carbonyl (C=O) groups is 1. The first-order valence-electron chi connectivity index (χ1n) is 9.80. The Hall–Kier alpha value is -1.72. The summed E-state index contributed by atoms with van der Waals surface area (Å²) in [4.78, 5) is 17.6. The van der Waals surface area contributed by atoms with E-state index in [1.165, 1.54) is 30.4 Å². The molecule has 0 unspecified atom stereocenters. The molecule has 0 amide bonds. The molecule has 4 nitrogen and oxygen atoms in total. The van der Waals surface area contributed by atoms with E-state index in [4.69, 9.17) is 14.5 Å². The molecule has 1 aromatic carbocycles. The molecule has 3 heterocycles. The standard InChI is InChI=1S/C22H27NO3S/c1-16-23-19(17-7-4-3-5-8-17)20(27-16)22-13-11-21(12-14-22,15-26-22)10-6-9-18(24)25-2/h3-5,7-8H,6,9-15H2,1-2H3. The van der Waals surface area contributed by atoms with E-state index < -0.39 is 0 Å². The number of methoxy groups -OCH3 is 1. The number of aromatic nitrogens is 1. The zero-order chi connectivity index (χ0) is 18.9. The van der Waals surface area contributed by atoms with Gasteiger partial charge in [-0.05, 0) is 50.9 Å². The van der Waals surface area contributed by atoms with Crippen molar-refractivity contribution in [3.63, 3.8) is 0 Å². The molecular weight excluding hydrogens is 358 g/mol. The Morgan fingerprint density at radius 1 is 1.22 bits per heavy atom. The Morgan fingerprint density at radius 2 is 1.96 bits per heavy atom. The fourth-order valence-electron chi connectivity index (χ4n) is 4.62. The molecule has 1 aromatic heterocycles. The van der Waals surface area contributed by atoms with Crippen molar-refractivity contribution in [3.8, 4) is 11.3 Å². The fourth-order valence-corrected chi connectivity index (χ4v) is 5.76. The van der Waals surface area contributed by atoms with E-state index in [0.717, 1.165) is 43.0 Å². The minimum atomic E-state index is -0.179. The Bertz CT molecular complexity index is 790. The molecule has 2 aromatic rings. The molecule has 0 N–H and O–H groups in total. The zero-order valence-electron chi connectivity index (χ0n) is 16.1. The molecule has 144 valence electrons. The van der Waals surface area contributed by atoms with Crippen molar-refractivity contribution < 1.29 is 14.3 Å². The topological polar surface area (TPSA) is 48.4 Å². The van der Waals surface area contributed by atoms with Crippen LogP contribution in [0.1, 0.15) is 54.8 Å². The molecule has 1 aliphatic carbocycles. The lowest BCUT2D eigenvalue weighted by molar-refractivity contribution is -0.190. The van der Waals surface area contributed by atoms with Gasteiger partial charge in [-0.15, -0.1) is 11.3 Å². The van der Waals surface area contributed by atoms with Gasteiger partial charge in [-0.2, -0.15) is 0 Å². The number of thiazole rings is 1. The molecule has 3 fully saturated rings. The summed E-state index contributed by atoms with van der Waals surface area (Å²) in [5, 5.41) is 1.10. The molecule has 2 aliphatic heterocycles. The Labute approximate surface area is 164 Å². The van der Waals surface area contributed by atoms with Crippen molar-refractivity contribution in [3.05, 3.63) is 40.2 Å². The molecule has 27 heavy (non-hydrogen) atoms. The van der Waals surface area contributed by atoms with Crippen LogP contribution in [0.25, 0.3) is 11.3 Å². The summed E-state index contributed by atoms with van der Waals surface area (Å²) in [5.74, 6) is -0.110. The second-order valence-corrected chi connectivity index (χ2v) is 9.19. The first kappa shape index (κ1) is 18.6. The predicted molar refractivity (Wildman–Crippen MR) is 107 cm³/mol. The highest BCUT2D eigenvalue weighted by Gasteiger charge is 2.52. The third-order valence-corrected chi connectivity index (χ3v) is 7.44. The van der Waals surface area contributed by atoms with E-state index >= 15 is 0 Å². The summed E-state index contributed by atoms with van der Waals surface area (Å²) < 4.78 is 11.3. The van der Waals surface area contributed by atoms with Gasteiger partial charge in [0.15, 0.2) is 0 Å². The van der Waals surface area contributed by atoms with Crippen molar-refractivity contribution in [2.24, 2.45) is 5.41 Å². The first-order valence-corrected chi connectivity index (χ1v) is 10.6. The van der Waals surface area contributed by atoms with Crippen LogP contribution in [-0.4, -0.2) is 24.7 Å². The monoisotopic (exact) mass is 385 g/mol. The van der Waals surface area contributed by atoms with E-state index in [9.17, 15) is 4.79 Å². The predicted octanol–water partition coefficient (Wildman–Crippen LogP) is 5.25. The third-order valence-electron chi connectivity index (χ3n) is 6.28. The van der Waals surface area contributed by atoms with Crippen LogP contribution >= 0.6 is 11.3 Å². The van der Waals surface area contributed by atoms with Crippen LogP contribution in [-0.2, 0) is 19.9 Å². The number of ether oxygens (including phenoxy) is 2. The van der Waals surface area contributed by atoms with Crippen molar-refractivity contribution in [2.75, 3.05) is 13.7 Å². The average molecular weight is 386 g/mol. The van der Waals surface area contributed by atoms with Gasteiger partial charge in [-0.25, -0.2) is 4.98 Å². The van der Waals surface area contributed by atoms with Crippen LogP contribution in [0.3, 0.4) is 0 Å². The largest absolute Gasteiger partial charge is 0.469 e. The highest BCUT2D eigenvalue weighted by Crippen LogP contribution is 2.57. The van der Waals surface area contributed by atoms with Gasteiger partial charge in [-0.3, -0.25) is 4.79 Å². The number of esters is 1. The van der Waals surface area contributed by atoms with Crippen LogP contribution in [0, 0.1) is 12.3 Å². The van der Waals surface area contributed by atoms with Gasteiger partial charge >= 0.3 is 5.97 Å². The van der Waals surface area contributed by atoms with Crippen molar-refractivity contribution in [1.29, 1.82) is 0 Å². The minimum Gasteiger partial charge on any atom is -0.469 e. The highest BCUT2D eigenvalue weighted by atomic mass is 32.1. The zero-order valence-corrected chi connectivity index (χ0v) is 16.9. The second-order valence-electron chi connectivity index (χ2n) is 7.99. The SMILES string of the molecule is COC(=O)CCCC12CCC(c3sc(C)nc3-c3ccccc3)(CC1)OC2. The van der Waals surface area contributed by atoms with Crippen molar-refractivity contribution in [1.82, 2.24) is 4.98 Å². The molecular formula is C22H27NO3S. The maximum absolute atomic E-state index is 11.4. The Kier molecular flexibility index (Phi) is 5.08. The van der Waals surface area contributed by atoms with Gasteiger partial charge in [0.1, 0.15) is 5.60 Å². The summed E-state index contributed by atoms with van der Waals surface area (Å²) in [7, 11) is 1.46. The molecule has 0 atom stereocenters. The maximum atomic E-state index is 11.4. The number of fused-ring (bicyclic) bond motifs is 3. The number of aryl methyl sites for hydroxylation is 1. The second kappa shape index (κ2) is 7.36. The summed E-state index contributed by atoms with van der Waals surface area (Å²) in [6.45, 7) is 2.87. The molecule has 5 heteroatoms. The van der Waals surface area contributed by atoms with Crippen LogP contribution in [0.5, 0.6) is 0 Å². The third kappa shape index (κ3) is 3.55. The molecule has 0 radical (unpaired) electrons. The number of rotatable bonds is 6. The fraction of sp³-hybridized carbons (Fsp3) is 0.545. The molecule has 2 saturated heterocycles. The lowest BCUT2D eigenvalue weighted by Crippen LogP contribution is -2.49. The van der Waals surface area contributed by atoms with Crippen molar-refractivity contribution >= 4 is 17.3 Å². The average Bonchev–Trinajstić information content (AvgIpc) is 3.12. The van der Waals surface area contributed by atoms with E-state index in [0.29, 0.717) is 6.42 Å². The highest BCUT2D eigenvalue weighted by molar-refractivity contribution is 7.12. The van der Waals surface area contributed by atoms with Crippen LogP contribution in [0.15, 0.2) is 30.3 Å². The lowest BCUT2D eigenvalue weighted by Gasteiger charge is -2.53. The van der Waals surface area contributed by atoms with E-state index in [2.05, 4.69) is 31.2 Å². The molecule has 2 bridgehead atoms. The minimum absolute atomic E-state index is 0.110. The van der Waals surface area contributed by atoms with Crippen LogP contribution in [0.2, 0.25) is 0 Å². The van der Waals surface area contributed by atoms with Crippen LogP contribution in [0.4, 0.5) is 0 Å². The molecule has 5 rings (SSSR count). The van der Waals surface area contributed by atoms with E-state index in [1.54, 1.807) is 11.3 Å². The Morgan fingerprint density at radius 3 is 2.59 bits per heavy atom. The van der Waals surface area contributed by atoms with E-state index in [-0.39, 0.29) is 17.0 Å². The normalized spacial score (nSPS) is 26.9. The Balaban J connectivity index is 1.51. The first-order chi connectivity index (χ1) is 13.1. The summed E-state index contributed by atoms with van der Waals surface area (Å²) in [6.07, 6.45) is 6.87. The van der Waals surface area contributed by atoms with Crippen LogP contribution < -0.4 is 0 Å². The van der Waals surface area contributed by atoms with Crippen molar-refractivity contribution in [2.45, 2.75) is 57.5 Å². The lowest BCUT2D eigenvalue weighted by atomic mass is 9.63. The number of carbonyl (C=O) groups excluding carboxylic acids is 1. The molecule has 1 saturated carbocycles. The maximum Gasteiger partial charge on any atom is 0.305 e. The summed E-state index contributed by atoms with van der Waals surface area (Å²) >= 11 is 1.79. The van der Waals surface area contributed by atoms with Gasteiger partial charge < -0.3 is 9.47 Å². The quantitative estimate of drug-likeness (QED) is 0.638. The number of nitrogens with zero attached hydrogens (tertiary/aromatic N) is 1. The number of hydrogen-bond acceptors (Lipinski definition) is 5. The van der Waals surface area contributed by atoms with Gasteiger partial charge in [-0.1, -0.05) is 30.3 Å². The van der Waals surface area contributed by atoms with E-state index in [1.807, 2.05) is 6.07 Å². The number of benzene rings is 1. The number of hydrogen-bond donors (Lipinski definition) is 0.